The van der Waals surface area contributed by atoms with E-state index < -0.39 is 0 Å². The molecule has 1 amide bonds. The van der Waals surface area contributed by atoms with E-state index in [1.54, 1.807) is 28.8 Å². The third kappa shape index (κ3) is 3.97. The summed E-state index contributed by atoms with van der Waals surface area (Å²) in [4.78, 5) is 47.4. The van der Waals surface area contributed by atoms with Crippen LogP contribution in [0.3, 0.4) is 0 Å². The lowest BCUT2D eigenvalue weighted by Crippen LogP contribution is -2.35. The maximum atomic E-state index is 13.0. The highest BCUT2D eigenvalue weighted by molar-refractivity contribution is 5.80. The molecule has 9 heteroatoms. The first-order chi connectivity index (χ1) is 16.1. The van der Waals surface area contributed by atoms with Crippen LogP contribution in [0.15, 0.2) is 58.1 Å². The van der Waals surface area contributed by atoms with E-state index in [0.29, 0.717) is 40.6 Å². The van der Waals surface area contributed by atoms with Crippen molar-refractivity contribution < 1.29 is 4.79 Å². The number of carbonyl (C=O) groups excluding carboxylic acids is 1. The van der Waals surface area contributed by atoms with Crippen molar-refractivity contribution in [3.8, 4) is 0 Å². The highest BCUT2D eigenvalue weighted by Crippen LogP contribution is 2.34. The molecule has 0 bridgehead atoms. The Morgan fingerprint density at radius 2 is 1.61 bits per heavy atom. The smallest absolute Gasteiger partial charge is 0.262 e. The molecule has 1 aliphatic carbocycles. The Hall–Kier alpha value is -4.01. The van der Waals surface area contributed by atoms with Crippen molar-refractivity contribution in [2.24, 2.45) is 0 Å². The minimum absolute atomic E-state index is 0.0519. The summed E-state index contributed by atoms with van der Waals surface area (Å²) < 4.78 is 3.21. The lowest BCUT2D eigenvalue weighted by atomic mass is 10.2. The van der Waals surface area contributed by atoms with Crippen LogP contribution in [0, 0.1) is 0 Å². The van der Waals surface area contributed by atoms with Gasteiger partial charge < -0.3 is 0 Å². The monoisotopic (exact) mass is 444 g/mol. The first-order valence-electron chi connectivity index (χ1n) is 11.1. The zero-order valence-corrected chi connectivity index (χ0v) is 18.2. The summed E-state index contributed by atoms with van der Waals surface area (Å²) in [6.07, 6.45) is 2.36. The third-order valence-electron chi connectivity index (χ3n) is 5.86. The van der Waals surface area contributed by atoms with Gasteiger partial charge in [-0.05, 0) is 44.0 Å². The SMILES string of the molecule is CCn1c(NNC(=O)CCc2nc3ccccc3c(=O)n2C2CC2)nc2ccccc2c1=O. The Morgan fingerprint density at radius 1 is 0.970 bits per heavy atom. The van der Waals surface area contributed by atoms with E-state index in [0.717, 1.165) is 12.8 Å². The number of hydrogen-bond acceptors (Lipinski definition) is 6. The van der Waals surface area contributed by atoms with Crippen molar-refractivity contribution in [1.82, 2.24) is 24.5 Å². The maximum absolute atomic E-state index is 13.0. The summed E-state index contributed by atoms with van der Waals surface area (Å²) in [5.41, 5.74) is 6.38. The molecule has 5 rings (SSSR count). The van der Waals surface area contributed by atoms with Gasteiger partial charge in [-0.25, -0.2) is 9.97 Å². The second kappa shape index (κ2) is 8.50. The van der Waals surface area contributed by atoms with E-state index in [-0.39, 0.29) is 35.4 Å². The number of rotatable bonds is 7. The van der Waals surface area contributed by atoms with Crippen LogP contribution in [0.25, 0.3) is 21.8 Å². The fourth-order valence-electron chi connectivity index (χ4n) is 4.05. The Morgan fingerprint density at radius 3 is 2.27 bits per heavy atom. The molecule has 0 unspecified atom stereocenters. The molecule has 1 saturated carbocycles. The predicted octanol–water partition coefficient (Wildman–Crippen LogP) is 2.54. The average Bonchev–Trinajstić information content (AvgIpc) is 3.67. The summed E-state index contributed by atoms with van der Waals surface area (Å²) in [5, 5.41) is 1.12. The number of nitrogens with one attached hydrogen (secondary N) is 2. The first kappa shape index (κ1) is 20.9. The molecule has 0 aliphatic heterocycles. The van der Waals surface area contributed by atoms with Crippen LogP contribution in [0.1, 0.15) is 38.1 Å². The van der Waals surface area contributed by atoms with Crippen LogP contribution in [0.4, 0.5) is 5.95 Å². The predicted molar refractivity (Wildman–Crippen MR) is 126 cm³/mol. The molecule has 0 radical (unpaired) electrons. The fraction of sp³-hybridized carbons (Fsp3) is 0.292. The Balaban J connectivity index is 1.33. The largest absolute Gasteiger partial charge is 0.293 e. The number of hydrazine groups is 1. The highest BCUT2D eigenvalue weighted by atomic mass is 16.2. The first-order valence-corrected chi connectivity index (χ1v) is 11.1. The number of fused-ring (bicyclic) bond motifs is 2. The Bertz CT molecular complexity index is 1490. The van der Waals surface area contributed by atoms with Gasteiger partial charge in [0.25, 0.3) is 11.1 Å². The van der Waals surface area contributed by atoms with E-state index in [1.807, 2.05) is 31.2 Å². The Labute approximate surface area is 189 Å². The van der Waals surface area contributed by atoms with Crippen LogP contribution in [-0.2, 0) is 17.8 Å². The average molecular weight is 444 g/mol. The molecular weight excluding hydrogens is 420 g/mol. The maximum Gasteiger partial charge on any atom is 0.262 e. The molecule has 4 aromatic rings. The van der Waals surface area contributed by atoms with E-state index in [9.17, 15) is 14.4 Å². The molecule has 0 saturated heterocycles. The molecule has 33 heavy (non-hydrogen) atoms. The van der Waals surface area contributed by atoms with Gasteiger partial charge in [-0.15, -0.1) is 0 Å². The van der Waals surface area contributed by atoms with Crippen LogP contribution < -0.4 is 22.0 Å². The molecule has 2 aromatic heterocycles. The van der Waals surface area contributed by atoms with Gasteiger partial charge in [-0.3, -0.25) is 34.4 Å². The van der Waals surface area contributed by atoms with Crippen molar-refractivity contribution in [3.05, 3.63) is 75.1 Å². The van der Waals surface area contributed by atoms with Gasteiger partial charge in [0, 0.05) is 25.4 Å². The van der Waals surface area contributed by atoms with E-state index in [2.05, 4.69) is 20.8 Å². The van der Waals surface area contributed by atoms with E-state index >= 15 is 0 Å². The number of amides is 1. The summed E-state index contributed by atoms with van der Waals surface area (Å²) >= 11 is 0. The fourth-order valence-corrected chi connectivity index (χ4v) is 4.05. The van der Waals surface area contributed by atoms with Crippen LogP contribution in [0.2, 0.25) is 0 Å². The molecular formula is C24H24N6O3. The number of benzene rings is 2. The number of para-hydroxylation sites is 2. The molecule has 2 aromatic carbocycles. The number of anilines is 1. The summed E-state index contributed by atoms with van der Waals surface area (Å²) in [7, 11) is 0. The quantitative estimate of drug-likeness (QED) is 0.424. The number of carbonyl (C=O) groups is 1. The number of nitrogens with zero attached hydrogens (tertiary/aromatic N) is 4. The molecule has 0 atom stereocenters. The van der Waals surface area contributed by atoms with Gasteiger partial charge in [0.05, 0.1) is 21.8 Å². The van der Waals surface area contributed by atoms with Gasteiger partial charge >= 0.3 is 0 Å². The van der Waals surface area contributed by atoms with E-state index in [4.69, 9.17) is 0 Å². The minimum atomic E-state index is -0.287. The van der Waals surface area contributed by atoms with E-state index in [1.165, 1.54) is 4.57 Å². The molecule has 0 spiro atoms. The van der Waals surface area contributed by atoms with Crippen molar-refractivity contribution >= 4 is 33.7 Å². The highest BCUT2D eigenvalue weighted by Gasteiger charge is 2.28. The van der Waals surface area contributed by atoms with Gasteiger partial charge in [-0.1, -0.05) is 24.3 Å². The van der Waals surface area contributed by atoms with Crippen molar-refractivity contribution in [2.45, 2.75) is 45.2 Å². The van der Waals surface area contributed by atoms with Gasteiger partial charge in [0.2, 0.25) is 11.9 Å². The van der Waals surface area contributed by atoms with Crippen molar-refractivity contribution in [2.75, 3.05) is 5.43 Å². The number of hydrogen-bond donors (Lipinski definition) is 2. The lowest BCUT2D eigenvalue weighted by molar-refractivity contribution is -0.120. The van der Waals surface area contributed by atoms with Gasteiger partial charge in [-0.2, -0.15) is 0 Å². The molecule has 1 aliphatic rings. The second-order valence-corrected chi connectivity index (χ2v) is 8.13. The second-order valence-electron chi connectivity index (χ2n) is 8.13. The lowest BCUT2D eigenvalue weighted by Gasteiger charge is -2.15. The third-order valence-corrected chi connectivity index (χ3v) is 5.86. The van der Waals surface area contributed by atoms with Gasteiger partial charge in [0.1, 0.15) is 5.82 Å². The zero-order valence-electron chi connectivity index (χ0n) is 18.2. The van der Waals surface area contributed by atoms with Gasteiger partial charge in [0.15, 0.2) is 0 Å². The topological polar surface area (TPSA) is 111 Å². The minimum Gasteiger partial charge on any atom is -0.293 e. The number of aryl methyl sites for hydroxylation is 1. The molecule has 168 valence electrons. The molecule has 1 fully saturated rings. The molecule has 2 heterocycles. The van der Waals surface area contributed by atoms with Crippen molar-refractivity contribution in [3.63, 3.8) is 0 Å². The van der Waals surface area contributed by atoms with Crippen LogP contribution in [-0.4, -0.2) is 25.0 Å². The normalized spacial score (nSPS) is 13.4. The summed E-state index contributed by atoms with van der Waals surface area (Å²) in [6.45, 7) is 2.25. The summed E-state index contributed by atoms with van der Waals surface area (Å²) in [6, 6.07) is 14.5. The zero-order chi connectivity index (χ0) is 22.9. The molecule has 2 N–H and O–H groups in total. The standard InChI is InChI=1S/C24H24N6O3/c1-2-29-22(32)16-7-3-6-10-19(16)26-24(29)28-27-21(31)14-13-20-25-18-9-5-4-8-17(18)23(33)30(20)15-11-12-15/h3-10,15H,2,11-14H2,1H3,(H,26,28)(H,27,31). The Kier molecular flexibility index (Phi) is 5.37. The molecule has 9 nitrogen and oxygen atoms in total. The summed E-state index contributed by atoms with van der Waals surface area (Å²) in [5.74, 6) is 0.601. The number of aromatic nitrogens is 4. The van der Waals surface area contributed by atoms with Crippen LogP contribution >= 0.6 is 0 Å². The van der Waals surface area contributed by atoms with Crippen LogP contribution in [0.5, 0.6) is 0 Å². The van der Waals surface area contributed by atoms with Crippen molar-refractivity contribution in [1.29, 1.82) is 0 Å².